The second kappa shape index (κ2) is 8.17. The summed E-state index contributed by atoms with van der Waals surface area (Å²) in [4.78, 5) is 16.5. The summed E-state index contributed by atoms with van der Waals surface area (Å²) in [6.45, 7) is 2.26. The quantitative estimate of drug-likeness (QED) is 0.518. The van der Waals surface area contributed by atoms with Crippen molar-refractivity contribution in [1.82, 2.24) is 30.1 Å². The van der Waals surface area contributed by atoms with Crippen molar-refractivity contribution in [1.29, 1.82) is 0 Å². The number of aromatic nitrogens is 5. The lowest BCUT2D eigenvalue weighted by Crippen LogP contribution is -2.25. The lowest BCUT2D eigenvalue weighted by Gasteiger charge is -2.05. The van der Waals surface area contributed by atoms with Crippen LogP contribution in [-0.4, -0.2) is 30.6 Å². The van der Waals surface area contributed by atoms with Gasteiger partial charge in [-0.05, 0) is 36.2 Å². The molecule has 8 nitrogen and oxygen atoms in total. The third-order valence-corrected chi connectivity index (χ3v) is 4.37. The first-order valence-corrected chi connectivity index (χ1v) is 9.30. The molecule has 1 N–H and O–H groups in total. The van der Waals surface area contributed by atoms with E-state index in [-0.39, 0.29) is 24.7 Å². The summed E-state index contributed by atoms with van der Waals surface area (Å²) in [5.74, 6) is 1.10. The average Bonchev–Trinajstić information content (AvgIpc) is 3.33. The Morgan fingerprint density at radius 2 is 2.14 bits per heavy atom. The summed E-state index contributed by atoms with van der Waals surface area (Å²) in [5, 5.41) is 15.0. The number of rotatable bonds is 7. The van der Waals surface area contributed by atoms with Gasteiger partial charge in [-0.3, -0.25) is 9.20 Å². The van der Waals surface area contributed by atoms with E-state index >= 15 is 0 Å². The zero-order chi connectivity index (χ0) is 20.2. The van der Waals surface area contributed by atoms with Gasteiger partial charge in [-0.2, -0.15) is 4.98 Å². The van der Waals surface area contributed by atoms with Crippen LogP contribution in [-0.2, 0) is 24.2 Å². The molecule has 0 saturated heterocycles. The first kappa shape index (κ1) is 18.7. The Hall–Kier alpha value is -3.62. The van der Waals surface area contributed by atoms with Crippen molar-refractivity contribution in [3.05, 3.63) is 65.6 Å². The highest BCUT2D eigenvalue weighted by Crippen LogP contribution is 2.19. The number of fused-ring (bicyclic) bond motifs is 1. The number of carbonyl (C=O) groups is 1. The van der Waals surface area contributed by atoms with Crippen LogP contribution in [0.1, 0.15) is 30.6 Å². The van der Waals surface area contributed by atoms with Gasteiger partial charge in [0.15, 0.2) is 17.3 Å². The maximum Gasteiger partial charge on any atom is 0.258 e. The molecule has 0 aliphatic carbocycles. The number of hydrogen-bond acceptors (Lipinski definition) is 6. The Morgan fingerprint density at radius 1 is 1.24 bits per heavy atom. The van der Waals surface area contributed by atoms with Crippen LogP contribution in [0, 0.1) is 5.82 Å². The van der Waals surface area contributed by atoms with E-state index in [0.29, 0.717) is 28.8 Å². The molecule has 0 aliphatic heterocycles. The molecule has 1 amide bonds. The van der Waals surface area contributed by atoms with E-state index in [2.05, 4.69) is 32.6 Å². The van der Waals surface area contributed by atoms with E-state index in [1.165, 1.54) is 12.1 Å². The zero-order valence-corrected chi connectivity index (χ0v) is 15.8. The fourth-order valence-corrected chi connectivity index (χ4v) is 2.96. The van der Waals surface area contributed by atoms with E-state index in [1.54, 1.807) is 28.8 Å². The van der Waals surface area contributed by atoms with Crippen LogP contribution >= 0.6 is 0 Å². The van der Waals surface area contributed by atoms with Gasteiger partial charge in [0.1, 0.15) is 5.82 Å². The molecule has 4 rings (SSSR count). The molecule has 3 aromatic heterocycles. The highest BCUT2D eigenvalue weighted by atomic mass is 19.1. The first-order valence-electron chi connectivity index (χ1n) is 9.30. The van der Waals surface area contributed by atoms with Crippen molar-refractivity contribution in [3.63, 3.8) is 0 Å². The minimum Gasteiger partial charge on any atom is -0.348 e. The topological polar surface area (TPSA) is 98.2 Å². The van der Waals surface area contributed by atoms with Crippen LogP contribution in [0.2, 0.25) is 0 Å². The van der Waals surface area contributed by atoms with Crippen molar-refractivity contribution in [2.45, 2.75) is 32.7 Å². The van der Waals surface area contributed by atoms with Gasteiger partial charge in [-0.25, -0.2) is 4.39 Å². The molecular weight excluding hydrogens is 375 g/mol. The SMILES string of the molecule is CCCc1noc(-c2ccn3c(CNC(=O)Cc4cccc(F)c4)nnc3c2)n1. The number of aryl methyl sites for hydroxylation is 1. The molecule has 0 radical (unpaired) electrons. The van der Waals surface area contributed by atoms with Crippen molar-refractivity contribution < 1.29 is 13.7 Å². The Bertz CT molecular complexity index is 1150. The maximum absolute atomic E-state index is 13.2. The fraction of sp³-hybridized carbons (Fsp3) is 0.250. The lowest BCUT2D eigenvalue weighted by atomic mass is 10.1. The van der Waals surface area contributed by atoms with E-state index in [0.717, 1.165) is 18.4 Å². The number of nitrogens with one attached hydrogen (secondary N) is 1. The fourth-order valence-electron chi connectivity index (χ4n) is 2.96. The Labute approximate surface area is 165 Å². The molecule has 148 valence electrons. The molecule has 0 spiro atoms. The van der Waals surface area contributed by atoms with Crippen LogP contribution in [0.3, 0.4) is 0 Å². The third-order valence-electron chi connectivity index (χ3n) is 4.37. The normalized spacial score (nSPS) is 11.1. The number of carbonyl (C=O) groups excluding carboxylic acids is 1. The molecule has 9 heteroatoms. The molecule has 4 aromatic rings. The van der Waals surface area contributed by atoms with Gasteiger partial charge in [0.25, 0.3) is 5.89 Å². The summed E-state index contributed by atoms with van der Waals surface area (Å²) in [6.07, 6.45) is 3.59. The smallest absolute Gasteiger partial charge is 0.258 e. The van der Waals surface area contributed by atoms with Gasteiger partial charge >= 0.3 is 0 Å². The van der Waals surface area contributed by atoms with Crippen LogP contribution in [0.15, 0.2) is 47.1 Å². The Balaban J connectivity index is 1.44. The van der Waals surface area contributed by atoms with Gasteiger partial charge in [-0.1, -0.05) is 24.2 Å². The van der Waals surface area contributed by atoms with Gasteiger partial charge in [-0.15, -0.1) is 10.2 Å². The second-order valence-electron chi connectivity index (χ2n) is 6.61. The average molecular weight is 394 g/mol. The van der Waals surface area contributed by atoms with E-state index in [1.807, 2.05) is 6.07 Å². The molecule has 0 unspecified atom stereocenters. The summed E-state index contributed by atoms with van der Waals surface area (Å²) in [7, 11) is 0. The summed E-state index contributed by atoms with van der Waals surface area (Å²) in [6, 6.07) is 9.61. The number of hydrogen-bond donors (Lipinski definition) is 1. The second-order valence-corrected chi connectivity index (χ2v) is 6.61. The summed E-state index contributed by atoms with van der Waals surface area (Å²) in [5.41, 5.74) is 1.97. The minimum atomic E-state index is -0.363. The standard InChI is InChI=1S/C20H19FN6O2/c1-2-4-16-23-20(29-26-16)14-7-8-27-17(11-14)24-25-18(27)12-22-19(28)10-13-5-3-6-15(21)9-13/h3,5-9,11H,2,4,10,12H2,1H3,(H,22,28). The van der Waals surface area contributed by atoms with Crippen molar-refractivity contribution in [2.24, 2.45) is 0 Å². The van der Waals surface area contributed by atoms with Crippen LogP contribution in [0.25, 0.3) is 17.1 Å². The molecular formula is C20H19FN6O2. The number of pyridine rings is 1. The van der Waals surface area contributed by atoms with Crippen LogP contribution in [0.5, 0.6) is 0 Å². The largest absolute Gasteiger partial charge is 0.348 e. The number of halogens is 1. The predicted octanol–water partition coefficient (Wildman–Crippen LogP) is 2.73. The van der Waals surface area contributed by atoms with Crippen LogP contribution < -0.4 is 5.32 Å². The molecule has 1 aromatic carbocycles. The van der Waals surface area contributed by atoms with E-state index < -0.39 is 0 Å². The molecule has 0 saturated carbocycles. The highest BCUT2D eigenvalue weighted by molar-refractivity contribution is 5.78. The highest BCUT2D eigenvalue weighted by Gasteiger charge is 2.13. The summed E-state index contributed by atoms with van der Waals surface area (Å²) < 4.78 is 20.3. The molecule has 0 fully saturated rings. The van der Waals surface area contributed by atoms with Gasteiger partial charge in [0.05, 0.1) is 13.0 Å². The monoisotopic (exact) mass is 394 g/mol. The first-order chi connectivity index (χ1) is 14.1. The summed E-state index contributed by atoms with van der Waals surface area (Å²) >= 11 is 0. The zero-order valence-electron chi connectivity index (χ0n) is 15.8. The minimum absolute atomic E-state index is 0.0932. The van der Waals surface area contributed by atoms with Crippen molar-refractivity contribution in [3.8, 4) is 11.5 Å². The Morgan fingerprint density at radius 3 is 2.97 bits per heavy atom. The van der Waals surface area contributed by atoms with Crippen LogP contribution in [0.4, 0.5) is 4.39 Å². The third kappa shape index (κ3) is 4.29. The Kier molecular flexibility index (Phi) is 5.28. The maximum atomic E-state index is 13.2. The van der Waals surface area contributed by atoms with Crippen molar-refractivity contribution in [2.75, 3.05) is 0 Å². The van der Waals surface area contributed by atoms with Gasteiger partial charge < -0.3 is 9.84 Å². The molecule has 29 heavy (non-hydrogen) atoms. The van der Waals surface area contributed by atoms with Gasteiger partial charge in [0, 0.05) is 18.2 Å². The molecule has 0 bridgehead atoms. The van der Waals surface area contributed by atoms with Gasteiger partial charge in [0.2, 0.25) is 5.91 Å². The number of benzene rings is 1. The van der Waals surface area contributed by atoms with E-state index in [9.17, 15) is 9.18 Å². The number of amides is 1. The predicted molar refractivity (Wildman–Crippen MR) is 102 cm³/mol. The molecule has 0 atom stereocenters. The lowest BCUT2D eigenvalue weighted by molar-refractivity contribution is -0.120. The molecule has 0 aliphatic rings. The van der Waals surface area contributed by atoms with E-state index in [4.69, 9.17) is 4.52 Å². The molecule has 3 heterocycles. The van der Waals surface area contributed by atoms with Crippen molar-refractivity contribution >= 4 is 11.6 Å². The number of nitrogens with zero attached hydrogens (tertiary/aromatic N) is 5.